The highest BCUT2D eigenvalue weighted by Gasteiger charge is 2.47. The molecule has 2 fully saturated rings. The van der Waals surface area contributed by atoms with Crippen LogP contribution < -0.4 is 5.73 Å². The number of fused-ring (bicyclic) bond motifs is 1. The zero-order valence-corrected chi connectivity index (χ0v) is 8.22. The van der Waals surface area contributed by atoms with Crippen molar-refractivity contribution in [3.05, 3.63) is 0 Å². The van der Waals surface area contributed by atoms with E-state index in [9.17, 15) is 4.79 Å². The second-order valence-corrected chi connectivity index (χ2v) is 4.71. The molecule has 0 aromatic carbocycles. The molecule has 2 nitrogen and oxygen atoms in total. The highest BCUT2D eigenvalue weighted by Crippen LogP contribution is 2.50. The van der Waals surface area contributed by atoms with E-state index in [-0.39, 0.29) is 11.3 Å². The summed E-state index contributed by atoms with van der Waals surface area (Å²) in [5.74, 6) is 0.601. The highest BCUT2D eigenvalue weighted by molar-refractivity contribution is 5.81. The molecular weight excluding hydrogens is 162 g/mol. The quantitative estimate of drug-likeness (QED) is 0.662. The van der Waals surface area contributed by atoms with Crippen LogP contribution in [0.4, 0.5) is 0 Å². The van der Waals surface area contributed by atoms with Gasteiger partial charge in [0.1, 0.15) is 0 Å². The predicted molar refractivity (Wildman–Crippen MR) is 52.1 cm³/mol. The van der Waals surface area contributed by atoms with Gasteiger partial charge in [0.2, 0.25) is 5.91 Å². The standard InChI is InChI=1S/C11H19NO/c12-10(13)11-7-3-1-2-5-9(11)6-4-8-11/h9H,1-8H2,(H2,12,13)/t9-,11+/m1/s1. The molecule has 13 heavy (non-hydrogen) atoms. The van der Waals surface area contributed by atoms with E-state index in [0.29, 0.717) is 5.92 Å². The van der Waals surface area contributed by atoms with Gasteiger partial charge < -0.3 is 5.73 Å². The van der Waals surface area contributed by atoms with Crippen LogP contribution in [0.1, 0.15) is 51.4 Å². The summed E-state index contributed by atoms with van der Waals surface area (Å²) in [5.41, 5.74) is 5.49. The number of carbonyl (C=O) groups excluding carboxylic acids is 1. The third-order valence-electron chi connectivity index (χ3n) is 4.12. The summed E-state index contributed by atoms with van der Waals surface area (Å²) in [6, 6.07) is 0. The van der Waals surface area contributed by atoms with E-state index in [1.807, 2.05) is 0 Å². The smallest absolute Gasteiger partial charge is 0.223 e. The van der Waals surface area contributed by atoms with E-state index in [0.717, 1.165) is 12.8 Å². The molecule has 2 aliphatic carbocycles. The van der Waals surface area contributed by atoms with Crippen LogP contribution >= 0.6 is 0 Å². The van der Waals surface area contributed by atoms with Crippen LogP contribution in [0.3, 0.4) is 0 Å². The first-order valence-corrected chi connectivity index (χ1v) is 5.56. The maximum atomic E-state index is 11.5. The lowest BCUT2D eigenvalue weighted by Crippen LogP contribution is -2.39. The third kappa shape index (κ3) is 1.36. The molecule has 2 N–H and O–H groups in total. The van der Waals surface area contributed by atoms with Crippen molar-refractivity contribution in [3.8, 4) is 0 Å². The average Bonchev–Trinajstić information content (AvgIpc) is 2.40. The van der Waals surface area contributed by atoms with Crippen molar-refractivity contribution < 1.29 is 4.79 Å². The first-order chi connectivity index (χ1) is 6.26. The molecule has 0 aromatic heterocycles. The number of hydrogen-bond donors (Lipinski definition) is 1. The largest absolute Gasteiger partial charge is 0.369 e. The molecule has 0 heterocycles. The lowest BCUT2D eigenvalue weighted by atomic mass is 9.74. The fourth-order valence-corrected chi connectivity index (χ4v) is 3.35. The normalized spacial score (nSPS) is 39.5. The molecule has 0 saturated heterocycles. The Bertz CT molecular complexity index is 214. The fourth-order valence-electron chi connectivity index (χ4n) is 3.35. The van der Waals surface area contributed by atoms with Crippen molar-refractivity contribution in [1.82, 2.24) is 0 Å². The third-order valence-corrected chi connectivity index (χ3v) is 4.12. The van der Waals surface area contributed by atoms with Crippen LogP contribution in [0.15, 0.2) is 0 Å². The number of hydrogen-bond acceptors (Lipinski definition) is 1. The minimum Gasteiger partial charge on any atom is -0.369 e. The van der Waals surface area contributed by atoms with Crippen molar-refractivity contribution in [3.63, 3.8) is 0 Å². The molecule has 2 rings (SSSR count). The molecular formula is C11H19NO. The first kappa shape index (κ1) is 9.04. The van der Waals surface area contributed by atoms with Gasteiger partial charge in [-0.1, -0.05) is 25.7 Å². The zero-order valence-electron chi connectivity index (χ0n) is 8.22. The summed E-state index contributed by atoms with van der Waals surface area (Å²) in [7, 11) is 0. The van der Waals surface area contributed by atoms with Gasteiger partial charge in [-0.05, 0) is 31.6 Å². The molecule has 0 aromatic rings. The number of primary amides is 1. The monoisotopic (exact) mass is 181 g/mol. The Morgan fingerprint density at radius 2 is 1.77 bits per heavy atom. The molecule has 74 valence electrons. The van der Waals surface area contributed by atoms with Crippen LogP contribution in [-0.2, 0) is 4.79 Å². The summed E-state index contributed by atoms with van der Waals surface area (Å²) in [6.07, 6.45) is 9.63. The van der Waals surface area contributed by atoms with Crippen molar-refractivity contribution in [2.45, 2.75) is 51.4 Å². The molecule has 0 radical (unpaired) electrons. The van der Waals surface area contributed by atoms with E-state index in [4.69, 9.17) is 5.73 Å². The fraction of sp³-hybridized carbons (Fsp3) is 0.909. The lowest BCUT2D eigenvalue weighted by Gasteiger charge is -2.30. The highest BCUT2D eigenvalue weighted by atomic mass is 16.1. The summed E-state index contributed by atoms with van der Waals surface area (Å²) in [6.45, 7) is 0. The lowest BCUT2D eigenvalue weighted by molar-refractivity contribution is -0.130. The summed E-state index contributed by atoms with van der Waals surface area (Å²) >= 11 is 0. The van der Waals surface area contributed by atoms with Gasteiger partial charge in [0, 0.05) is 0 Å². The van der Waals surface area contributed by atoms with Gasteiger partial charge in [0.25, 0.3) is 0 Å². The second-order valence-electron chi connectivity index (χ2n) is 4.71. The summed E-state index contributed by atoms with van der Waals surface area (Å²) in [5, 5.41) is 0. The Hall–Kier alpha value is -0.530. The number of carbonyl (C=O) groups is 1. The molecule has 0 unspecified atom stereocenters. The van der Waals surface area contributed by atoms with Gasteiger partial charge >= 0.3 is 0 Å². The molecule has 1 amide bonds. The molecule has 2 aliphatic rings. The molecule has 2 saturated carbocycles. The number of rotatable bonds is 1. The Kier molecular flexibility index (Phi) is 2.31. The topological polar surface area (TPSA) is 43.1 Å². The molecule has 0 bridgehead atoms. The van der Waals surface area contributed by atoms with Gasteiger partial charge in [0.15, 0.2) is 0 Å². The minimum absolute atomic E-state index is 0.0168. The van der Waals surface area contributed by atoms with Crippen LogP contribution in [0, 0.1) is 11.3 Å². The summed E-state index contributed by atoms with van der Waals surface area (Å²) in [4.78, 5) is 11.5. The van der Waals surface area contributed by atoms with Crippen molar-refractivity contribution in [2.24, 2.45) is 17.1 Å². The minimum atomic E-state index is -0.0868. The molecule has 2 atom stereocenters. The van der Waals surface area contributed by atoms with Crippen molar-refractivity contribution >= 4 is 5.91 Å². The number of nitrogens with two attached hydrogens (primary N) is 1. The van der Waals surface area contributed by atoms with E-state index in [1.54, 1.807) is 0 Å². The first-order valence-electron chi connectivity index (χ1n) is 5.56. The van der Waals surface area contributed by atoms with E-state index in [2.05, 4.69) is 0 Å². The maximum absolute atomic E-state index is 11.5. The second kappa shape index (κ2) is 3.32. The molecule has 0 aliphatic heterocycles. The average molecular weight is 181 g/mol. The van der Waals surface area contributed by atoms with Gasteiger partial charge in [-0.3, -0.25) is 4.79 Å². The summed E-state index contributed by atoms with van der Waals surface area (Å²) < 4.78 is 0. The van der Waals surface area contributed by atoms with Gasteiger partial charge in [-0.2, -0.15) is 0 Å². The molecule has 0 spiro atoms. The molecule has 2 heteroatoms. The Balaban J connectivity index is 2.22. The Labute approximate surface area is 79.9 Å². The van der Waals surface area contributed by atoms with Gasteiger partial charge in [0.05, 0.1) is 5.41 Å². The predicted octanol–water partition coefficient (Wildman–Crippen LogP) is 2.22. The van der Waals surface area contributed by atoms with Crippen LogP contribution in [0.2, 0.25) is 0 Å². The van der Waals surface area contributed by atoms with E-state index < -0.39 is 0 Å². The van der Waals surface area contributed by atoms with Crippen molar-refractivity contribution in [2.75, 3.05) is 0 Å². The van der Waals surface area contributed by atoms with Crippen LogP contribution in [0.5, 0.6) is 0 Å². The maximum Gasteiger partial charge on any atom is 0.223 e. The van der Waals surface area contributed by atoms with E-state index >= 15 is 0 Å². The van der Waals surface area contributed by atoms with Gasteiger partial charge in [-0.25, -0.2) is 0 Å². The SMILES string of the molecule is NC(=O)[C@]12CCCCC[C@@H]1CCC2. The zero-order chi connectivity index (χ0) is 9.31. The van der Waals surface area contributed by atoms with Crippen molar-refractivity contribution in [1.29, 1.82) is 0 Å². The van der Waals surface area contributed by atoms with E-state index in [1.165, 1.54) is 38.5 Å². The number of amides is 1. The van der Waals surface area contributed by atoms with Crippen LogP contribution in [0.25, 0.3) is 0 Å². The van der Waals surface area contributed by atoms with Gasteiger partial charge in [-0.15, -0.1) is 0 Å². The Morgan fingerprint density at radius 1 is 1.08 bits per heavy atom. The Morgan fingerprint density at radius 3 is 2.54 bits per heavy atom. The van der Waals surface area contributed by atoms with Crippen LogP contribution in [-0.4, -0.2) is 5.91 Å².